The molecule has 0 aliphatic carbocycles. The summed E-state index contributed by atoms with van der Waals surface area (Å²) in [5, 5.41) is 7.07. The van der Waals surface area contributed by atoms with E-state index in [0.29, 0.717) is 16.6 Å². The largest absolute Gasteiger partial charge is 0.399 e. The van der Waals surface area contributed by atoms with Crippen molar-refractivity contribution in [2.45, 2.75) is 12.8 Å². The van der Waals surface area contributed by atoms with Gasteiger partial charge in [0.2, 0.25) is 0 Å². The van der Waals surface area contributed by atoms with Gasteiger partial charge in [-0.3, -0.25) is 0 Å². The van der Waals surface area contributed by atoms with Crippen LogP contribution in [-0.4, -0.2) is 11.5 Å². The number of hydrogen-bond donors (Lipinski definition) is 2. The van der Waals surface area contributed by atoms with Crippen molar-refractivity contribution in [2.75, 3.05) is 17.6 Å². The van der Waals surface area contributed by atoms with Crippen LogP contribution in [0.25, 0.3) is 0 Å². The molecule has 1 aromatic heterocycles. The van der Waals surface area contributed by atoms with Gasteiger partial charge in [0.05, 0.1) is 15.7 Å². The number of halogens is 1. The molecule has 0 radical (unpaired) electrons. The Labute approximate surface area is 110 Å². The van der Waals surface area contributed by atoms with Gasteiger partial charge in [-0.1, -0.05) is 18.5 Å². The molecule has 1 aromatic carbocycles. The Bertz CT molecular complexity index is 485. The highest BCUT2D eigenvalue weighted by Gasteiger charge is 2.08. The molecular weight excluding hydrogens is 254 g/mol. The zero-order valence-electron chi connectivity index (χ0n) is 9.48. The zero-order valence-corrected chi connectivity index (χ0v) is 11.1. The number of nitrogens with two attached hydrogens (primary N) is 1. The third-order valence-corrected chi connectivity index (χ3v) is 3.78. The number of aromatic nitrogens is 1. The summed E-state index contributed by atoms with van der Waals surface area (Å²) in [5.74, 6) is 0.364. The first kappa shape index (κ1) is 12.2. The second-order valence-electron chi connectivity index (χ2n) is 3.89. The lowest BCUT2D eigenvalue weighted by Gasteiger charge is -2.12. The molecule has 5 heteroatoms. The molecule has 1 atom stereocenters. The van der Waals surface area contributed by atoms with Crippen LogP contribution >= 0.6 is 22.9 Å². The van der Waals surface area contributed by atoms with Crippen molar-refractivity contribution in [1.82, 2.24) is 4.98 Å². The van der Waals surface area contributed by atoms with Crippen LogP contribution in [0.1, 0.15) is 17.8 Å². The lowest BCUT2D eigenvalue weighted by molar-refractivity contribution is 0.795. The van der Waals surface area contributed by atoms with Gasteiger partial charge in [-0.25, -0.2) is 4.98 Å². The van der Waals surface area contributed by atoms with E-state index in [1.807, 2.05) is 23.7 Å². The highest BCUT2D eigenvalue weighted by atomic mass is 35.5. The standard InChI is InChI=1S/C12H14ClN3S/c1-8(12-15-4-5-17-12)7-16-11-3-2-9(14)6-10(11)13/h2-6,8,16H,7,14H2,1H3. The van der Waals surface area contributed by atoms with E-state index < -0.39 is 0 Å². The maximum atomic E-state index is 6.08. The van der Waals surface area contributed by atoms with E-state index in [-0.39, 0.29) is 0 Å². The monoisotopic (exact) mass is 267 g/mol. The highest BCUT2D eigenvalue weighted by Crippen LogP contribution is 2.25. The molecule has 0 saturated heterocycles. The summed E-state index contributed by atoms with van der Waals surface area (Å²) >= 11 is 7.75. The number of thiazole rings is 1. The fraction of sp³-hybridized carbons (Fsp3) is 0.250. The van der Waals surface area contributed by atoms with E-state index in [1.54, 1.807) is 17.4 Å². The van der Waals surface area contributed by atoms with Crippen molar-refractivity contribution in [3.05, 3.63) is 39.8 Å². The molecule has 3 N–H and O–H groups in total. The van der Waals surface area contributed by atoms with Crippen molar-refractivity contribution in [3.8, 4) is 0 Å². The van der Waals surface area contributed by atoms with Crippen molar-refractivity contribution >= 4 is 34.3 Å². The third kappa shape index (κ3) is 3.11. The second kappa shape index (κ2) is 5.38. The second-order valence-corrected chi connectivity index (χ2v) is 5.22. The molecule has 0 fully saturated rings. The first-order valence-corrected chi connectivity index (χ1v) is 6.61. The fourth-order valence-electron chi connectivity index (χ4n) is 1.50. The van der Waals surface area contributed by atoms with Crippen LogP contribution in [0, 0.1) is 0 Å². The number of benzene rings is 1. The van der Waals surface area contributed by atoms with Crippen LogP contribution in [-0.2, 0) is 0 Å². The first-order chi connectivity index (χ1) is 8.16. The maximum absolute atomic E-state index is 6.08. The Balaban J connectivity index is 1.98. The smallest absolute Gasteiger partial charge is 0.0970 e. The summed E-state index contributed by atoms with van der Waals surface area (Å²) in [6, 6.07) is 5.48. The minimum Gasteiger partial charge on any atom is -0.399 e. The van der Waals surface area contributed by atoms with Crippen LogP contribution in [0.15, 0.2) is 29.8 Å². The Morgan fingerprint density at radius 3 is 3.00 bits per heavy atom. The molecular formula is C12H14ClN3S. The third-order valence-electron chi connectivity index (χ3n) is 2.46. The molecule has 0 bridgehead atoms. The summed E-state index contributed by atoms with van der Waals surface area (Å²) in [6.07, 6.45) is 1.83. The minimum atomic E-state index is 0.364. The maximum Gasteiger partial charge on any atom is 0.0970 e. The molecule has 0 spiro atoms. The number of nitrogens with zero attached hydrogens (tertiary/aromatic N) is 1. The van der Waals surface area contributed by atoms with Crippen molar-refractivity contribution in [1.29, 1.82) is 0 Å². The Kier molecular flexibility index (Phi) is 3.86. The Hall–Kier alpha value is -1.26. The van der Waals surface area contributed by atoms with E-state index in [0.717, 1.165) is 17.2 Å². The predicted octanol–water partition coefficient (Wildman–Crippen LogP) is 3.59. The lowest BCUT2D eigenvalue weighted by atomic mass is 10.2. The van der Waals surface area contributed by atoms with Gasteiger partial charge in [0.25, 0.3) is 0 Å². The molecule has 0 saturated carbocycles. The Morgan fingerprint density at radius 1 is 1.53 bits per heavy atom. The number of rotatable bonds is 4. The van der Waals surface area contributed by atoms with Gasteiger partial charge >= 0.3 is 0 Å². The number of nitrogens with one attached hydrogen (secondary N) is 1. The minimum absolute atomic E-state index is 0.364. The van der Waals surface area contributed by atoms with E-state index in [2.05, 4.69) is 17.2 Å². The molecule has 17 heavy (non-hydrogen) atoms. The predicted molar refractivity (Wildman–Crippen MR) is 74.9 cm³/mol. The average molecular weight is 268 g/mol. The number of nitrogen functional groups attached to an aromatic ring is 1. The van der Waals surface area contributed by atoms with Gasteiger partial charge in [-0.15, -0.1) is 11.3 Å². The van der Waals surface area contributed by atoms with Crippen LogP contribution < -0.4 is 11.1 Å². The van der Waals surface area contributed by atoms with Crippen molar-refractivity contribution < 1.29 is 0 Å². The Morgan fingerprint density at radius 2 is 2.35 bits per heavy atom. The molecule has 0 amide bonds. The van der Waals surface area contributed by atoms with E-state index in [9.17, 15) is 0 Å². The first-order valence-electron chi connectivity index (χ1n) is 5.35. The van der Waals surface area contributed by atoms with Gasteiger partial charge in [-0.05, 0) is 18.2 Å². The van der Waals surface area contributed by atoms with Crippen LogP contribution in [0.2, 0.25) is 5.02 Å². The topological polar surface area (TPSA) is 50.9 Å². The van der Waals surface area contributed by atoms with E-state index >= 15 is 0 Å². The van der Waals surface area contributed by atoms with Gasteiger partial charge in [-0.2, -0.15) is 0 Å². The summed E-state index contributed by atoms with van der Waals surface area (Å²) < 4.78 is 0. The van der Waals surface area contributed by atoms with Crippen LogP contribution in [0.5, 0.6) is 0 Å². The van der Waals surface area contributed by atoms with Gasteiger partial charge in [0.1, 0.15) is 0 Å². The number of hydrogen-bond acceptors (Lipinski definition) is 4. The summed E-state index contributed by atoms with van der Waals surface area (Å²) in [6.45, 7) is 2.94. The average Bonchev–Trinajstić information content (AvgIpc) is 2.81. The molecule has 1 heterocycles. The van der Waals surface area contributed by atoms with Gasteiger partial charge in [0.15, 0.2) is 0 Å². The molecule has 2 aromatic rings. The lowest BCUT2D eigenvalue weighted by Crippen LogP contribution is -2.09. The zero-order chi connectivity index (χ0) is 12.3. The highest BCUT2D eigenvalue weighted by molar-refractivity contribution is 7.09. The fourth-order valence-corrected chi connectivity index (χ4v) is 2.46. The van der Waals surface area contributed by atoms with Crippen molar-refractivity contribution in [3.63, 3.8) is 0 Å². The SMILES string of the molecule is CC(CNc1ccc(N)cc1Cl)c1nccs1. The van der Waals surface area contributed by atoms with Gasteiger partial charge < -0.3 is 11.1 Å². The normalized spacial score (nSPS) is 12.4. The van der Waals surface area contributed by atoms with Gasteiger partial charge in [0, 0.05) is 29.7 Å². The molecule has 2 rings (SSSR count). The molecule has 90 valence electrons. The molecule has 3 nitrogen and oxygen atoms in total. The summed E-state index contributed by atoms with van der Waals surface area (Å²) in [7, 11) is 0. The number of anilines is 2. The molecule has 0 aliphatic heterocycles. The molecule has 1 unspecified atom stereocenters. The van der Waals surface area contributed by atoms with Crippen LogP contribution in [0.3, 0.4) is 0 Å². The van der Waals surface area contributed by atoms with E-state index in [4.69, 9.17) is 17.3 Å². The quantitative estimate of drug-likeness (QED) is 0.833. The van der Waals surface area contributed by atoms with Crippen LogP contribution in [0.4, 0.5) is 11.4 Å². The summed E-state index contributed by atoms with van der Waals surface area (Å²) in [4.78, 5) is 4.29. The molecule has 0 aliphatic rings. The summed E-state index contributed by atoms with van der Waals surface area (Å²) in [5.41, 5.74) is 7.22. The van der Waals surface area contributed by atoms with Crippen molar-refractivity contribution in [2.24, 2.45) is 0 Å². The van der Waals surface area contributed by atoms with E-state index in [1.165, 1.54) is 0 Å².